The first-order valence-electron chi connectivity index (χ1n) is 9.93. The minimum absolute atomic E-state index is 0.149. The van der Waals surface area contributed by atoms with Crippen molar-refractivity contribution in [2.24, 2.45) is 0 Å². The molecule has 0 amide bonds. The Labute approximate surface area is 187 Å². The number of nitrogens with zero attached hydrogens (tertiary/aromatic N) is 2. The van der Waals surface area contributed by atoms with Crippen LogP contribution < -0.4 is 5.32 Å². The zero-order chi connectivity index (χ0) is 23.6. The minimum Gasteiger partial charge on any atom is -0.478 e. The van der Waals surface area contributed by atoms with Gasteiger partial charge in [-0.2, -0.15) is 13.2 Å². The lowest BCUT2D eigenvalue weighted by Crippen LogP contribution is -2.10. The monoisotopic (exact) mass is 449 g/mol. The number of alkyl halides is 3. The van der Waals surface area contributed by atoms with Gasteiger partial charge in [0.2, 0.25) is 5.95 Å². The molecule has 33 heavy (non-hydrogen) atoms. The summed E-state index contributed by atoms with van der Waals surface area (Å²) < 4.78 is 38.8. The van der Waals surface area contributed by atoms with Crippen LogP contribution in [0.5, 0.6) is 0 Å². The predicted molar refractivity (Wildman–Crippen MR) is 119 cm³/mol. The molecule has 0 unspecified atom stereocenters. The molecule has 1 aromatic heterocycles. The Morgan fingerprint density at radius 2 is 1.67 bits per heavy atom. The highest BCUT2D eigenvalue weighted by atomic mass is 19.4. The Kier molecular flexibility index (Phi) is 5.83. The molecule has 0 bridgehead atoms. The zero-order valence-electron chi connectivity index (χ0n) is 17.4. The third kappa shape index (κ3) is 5.01. The highest BCUT2D eigenvalue weighted by Crippen LogP contribution is 2.32. The van der Waals surface area contributed by atoms with Crippen LogP contribution in [0.15, 0.2) is 79.0 Å². The van der Waals surface area contributed by atoms with E-state index < -0.39 is 17.8 Å². The molecular formula is C25H18F3N3O2. The number of carbonyl (C=O) groups is 1. The molecule has 0 spiro atoms. The lowest BCUT2D eigenvalue weighted by Gasteiger charge is -2.13. The zero-order valence-corrected chi connectivity index (χ0v) is 17.4. The van der Waals surface area contributed by atoms with Gasteiger partial charge in [-0.25, -0.2) is 14.8 Å². The standard InChI is InChI=1S/C25H18F3N3O2/c1-15-11-18(13-19(12-15)30-24-29-10-9-22(31-24)25(26,27)28)17-7-8-20(21(14-17)23(32)33)16-5-3-2-4-6-16/h2-14H,1H3,(H,32,33)(H,29,30,31). The van der Waals surface area contributed by atoms with Crippen molar-refractivity contribution in [2.75, 3.05) is 5.32 Å². The molecule has 0 aliphatic rings. The molecule has 0 atom stereocenters. The number of halogens is 3. The summed E-state index contributed by atoms with van der Waals surface area (Å²) in [6, 6.07) is 20.5. The maximum Gasteiger partial charge on any atom is 0.433 e. The number of benzene rings is 3. The summed E-state index contributed by atoms with van der Waals surface area (Å²) in [5.41, 5.74) is 3.14. The van der Waals surface area contributed by atoms with Gasteiger partial charge in [0.1, 0.15) is 5.69 Å². The predicted octanol–water partition coefficient (Wildman–Crippen LogP) is 6.58. The average Bonchev–Trinajstić information content (AvgIpc) is 2.78. The van der Waals surface area contributed by atoms with Crippen molar-refractivity contribution in [1.29, 1.82) is 0 Å². The lowest BCUT2D eigenvalue weighted by molar-refractivity contribution is -0.141. The Balaban J connectivity index is 1.71. The van der Waals surface area contributed by atoms with Crippen molar-refractivity contribution in [3.63, 3.8) is 0 Å². The van der Waals surface area contributed by atoms with Gasteiger partial charge in [-0.3, -0.25) is 0 Å². The van der Waals surface area contributed by atoms with Gasteiger partial charge in [-0.05, 0) is 59.0 Å². The number of aromatic nitrogens is 2. The molecule has 4 rings (SSSR count). The maximum atomic E-state index is 12.9. The van der Waals surface area contributed by atoms with E-state index in [9.17, 15) is 23.1 Å². The summed E-state index contributed by atoms with van der Waals surface area (Å²) in [4.78, 5) is 19.3. The van der Waals surface area contributed by atoms with Crippen LogP contribution in [0, 0.1) is 6.92 Å². The van der Waals surface area contributed by atoms with E-state index in [1.807, 2.05) is 49.4 Å². The number of aryl methyl sites for hydroxylation is 1. The van der Waals surface area contributed by atoms with Crippen molar-refractivity contribution in [3.05, 3.63) is 95.8 Å². The summed E-state index contributed by atoms with van der Waals surface area (Å²) in [5.74, 6) is -1.24. The highest BCUT2D eigenvalue weighted by molar-refractivity contribution is 5.97. The Morgan fingerprint density at radius 1 is 0.909 bits per heavy atom. The first kappa shape index (κ1) is 22.0. The maximum absolute atomic E-state index is 12.9. The van der Waals surface area contributed by atoms with Crippen LogP contribution in [0.1, 0.15) is 21.6 Å². The number of carboxylic acids is 1. The Bertz CT molecular complexity index is 1320. The molecule has 3 aromatic carbocycles. The van der Waals surface area contributed by atoms with Crippen LogP contribution >= 0.6 is 0 Å². The number of aromatic carboxylic acids is 1. The molecule has 0 radical (unpaired) electrons. The lowest BCUT2D eigenvalue weighted by atomic mass is 9.94. The van der Waals surface area contributed by atoms with Gasteiger partial charge in [-0.15, -0.1) is 0 Å². The van der Waals surface area contributed by atoms with Crippen LogP contribution in [0.4, 0.5) is 24.8 Å². The quantitative estimate of drug-likeness (QED) is 0.360. The molecule has 166 valence electrons. The Hall–Kier alpha value is -4.20. The second kappa shape index (κ2) is 8.74. The third-order valence-corrected chi connectivity index (χ3v) is 4.95. The average molecular weight is 449 g/mol. The van der Waals surface area contributed by atoms with Gasteiger partial charge in [0.05, 0.1) is 5.56 Å². The highest BCUT2D eigenvalue weighted by Gasteiger charge is 2.32. The summed E-state index contributed by atoms with van der Waals surface area (Å²) in [5, 5.41) is 12.6. The van der Waals surface area contributed by atoms with Crippen molar-refractivity contribution in [1.82, 2.24) is 9.97 Å². The molecule has 2 N–H and O–H groups in total. The number of carboxylic acid groups (broad SMARTS) is 1. The molecule has 0 saturated carbocycles. The second-order valence-corrected chi connectivity index (χ2v) is 7.41. The van der Waals surface area contributed by atoms with Gasteiger partial charge in [-0.1, -0.05) is 48.5 Å². The van der Waals surface area contributed by atoms with Gasteiger partial charge in [0.25, 0.3) is 0 Å². The topological polar surface area (TPSA) is 75.1 Å². The van der Waals surface area contributed by atoms with E-state index in [0.29, 0.717) is 22.4 Å². The number of hydrogen-bond donors (Lipinski definition) is 2. The summed E-state index contributed by atoms with van der Waals surface area (Å²) >= 11 is 0. The van der Waals surface area contributed by atoms with Gasteiger partial charge in [0, 0.05) is 11.9 Å². The fourth-order valence-corrected chi connectivity index (χ4v) is 3.50. The van der Waals surface area contributed by atoms with Crippen molar-refractivity contribution < 1.29 is 23.1 Å². The SMILES string of the molecule is Cc1cc(Nc2nccc(C(F)(F)F)n2)cc(-c2ccc(-c3ccccc3)c(C(=O)O)c2)c1. The van der Waals surface area contributed by atoms with Crippen LogP contribution in [0.2, 0.25) is 0 Å². The molecule has 4 aromatic rings. The van der Waals surface area contributed by atoms with Crippen molar-refractivity contribution >= 4 is 17.6 Å². The fourth-order valence-electron chi connectivity index (χ4n) is 3.50. The van der Waals surface area contributed by atoms with E-state index >= 15 is 0 Å². The molecule has 5 nitrogen and oxygen atoms in total. The molecule has 0 fully saturated rings. The van der Waals surface area contributed by atoms with Gasteiger partial charge >= 0.3 is 12.1 Å². The number of rotatable bonds is 5. The first-order valence-corrected chi connectivity index (χ1v) is 9.93. The fraction of sp³-hybridized carbons (Fsp3) is 0.0800. The normalized spacial score (nSPS) is 11.3. The van der Waals surface area contributed by atoms with Gasteiger partial charge in [0.15, 0.2) is 0 Å². The number of anilines is 2. The van der Waals surface area contributed by atoms with E-state index in [1.54, 1.807) is 24.3 Å². The van der Waals surface area contributed by atoms with Crippen LogP contribution in [0.25, 0.3) is 22.3 Å². The number of hydrogen-bond acceptors (Lipinski definition) is 4. The summed E-state index contributed by atoms with van der Waals surface area (Å²) in [7, 11) is 0. The van der Waals surface area contributed by atoms with E-state index in [2.05, 4.69) is 15.3 Å². The largest absolute Gasteiger partial charge is 0.478 e. The van der Waals surface area contributed by atoms with Crippen LogP contribution in [-0.2, 0) is 6.18 Å². The van der Waals surface area contributed by atoms with Gasteiger partial charge < -0.3 is 10.4 Å². The molecule has 0 saturated heterocycles. The number of nitrogens with one attached hydrogen (secondary N) is 1. The smallest absolute Gasteiger partial charge is 0.433 e. The van der Waals surface area contributed by atoms with E-state index in [0.717, 1.165) is 23.4 Å². The van der Waals surface area contributed by atoms with Crippen LogP contribution in [0.3, 0.4) is 0 Å². The Morgan fingerprint density at radius 3 is 2.36 bits per heavy atom. The summed E-state index contributed by atoms with van der Waals surface area (Å²) in [6.07, 6.45) is -3.54. The molecule has 8 heteroatoms. The van der Waals surface area contributed by atoms with E-state index in [-0.39, 0.29) is 11.5 Å². The minimum atomic E-state index is -4.58. The van der Waals surface area contributed by atoms with E-state index in [4.69, 9.17) is 0 Å². The second-order valence-electron chi connectivity index (χ2n) is 7.41. The van der Waals surface area contributed by atoms with Crippen molar-refractivity contribution in [2.45, 2.75) is 13.1 Å². The molecule has 0 aliphatic heterocycles. The first-order chi connectivity index (χ1) is 15.7. The molecular weight excluding hydrogens is 431 g/mol. The molecule has 1 heterocycles. The molecule has 0 aliphatic carbocycles. The van der Waals surface area contributed by atoms with E-state index in [1.165, 1.54) is 0 Å². The van der Waals surface area contributed by atoms with Crippen molar-refractivity contribution in [3.8, 4) is 22.3 Å². The third-order valence-electron chi connectivity index (χ3n) is 4.95. The van der Waals surface area contributed by atoms with Crippen LogP contribution in [-0.4, -0.2) is 21.0 Å². The summed E-state index contributed by atoms with van der Waals surface area (Å²) in [6.45, 7) is 1.83.